The van der Waals surface area contributed by atoms with Crippen molar-refractivity contribution in [2.24, 2.45) is 0 Å². The minimum absolute atomic E-state index is 0.0444. The van der Waals surface area contributed by atoms with E-state index in [1.807, 2.05) is 0 Å². The lowest BCUT2D eigenvalue weighted by Gasteiger charge is -2.20. The van der Waals surface area contributed by atoms with E-state index in [2.05, 4.69) is 15.5 Å². The van der Waals surface area contributed by atoms with Crippen molar-refractivity contribution >= 4 is 12.0 Å². The predicted molar refractivity (Wildman–Crippen MR) is 62.4 cm³/mol. The Morgan fingerprint density at radius 3 is 2.79 bits per heavy atom. The third kappa shape index (κ3) is 5.34. The third-order valence-corrected chi connectivity index (χ3v) is 2.14. The van der Waals surface area contributed by atoms with Crippen LogP contribution in [0.5, 0.6) is 0 Å². The molecule has 1 heterocycles. The zero-order valence-electron chi connectivity index (χ0n) is 10.8. The minimum atomic E-state index is -1.10. The van der Waals surface area contributed by atoms with Crippen LogP contribution in [0, 0.1) is 6.92 Å². The molecule has 2 N–H and O–H groups in total. The topological polar surface area (TPSA) is 118 Å². The number of methoxy groups -OCH3 is 1. The first-order valence-electron chi connectivity index (χ1n) is 5.55. The first-order chi connectivity index (χ1) is 9.02. The van der Waals surface area contributed by atoms with Gasteiger partial charge in [0.2, 0.25) is 5.89 Å². The van der Waals surface area contributed by atoms with Crippen LogP contribution in [-0.2, 0) is 16.1 Å². The quantitative estimate of drug-likeness (QED) is 0.694. The van der Waals surface area contributed by atoms with E-state index in [9.17, 15) is 9.59 Å². The van der Waals surface area contributed by atoms with Crippen molar-refractivity contribution in [3.8, 4) is 0 Å². The monoisotopic (exact) mass is 272 g/mol. The van der Waals surface area contributed by atoms with Gasteiger partial charge in [-0.05, 0) is 6.92 Å². The van der Waals surface area contributed by atoms with Gasteiger partial charge in [0, 0.05) is 13.7 Å². The van der Waals surface area contributed by atoms with E-state index in [0.29, 0.717) is 5.82 Å². The Bertz CT molecular complexity index is 433. The van der Waals surface area contributed by atoms with Gasteiger partial charge in [0.05, 0.1) is 13.2 Å². The summed E-state index contributed by atoms with van der Waals surface area (Å²) in [5.41, 5.74) is 0. The van der Waals surface area contributed by atoms with Gasteiger partial charge in [0.15, 0.2) is 5.82 Å². The van der Waals surface area contributed by atoms with Crippen LogP contribution in [0.2, 0.25) is 0 Å². The molecule has 0 fully saturated rings. The van der Waals surface area contributed by atoms with Crippen molar-refractivity contribution in [1.29, 1.82) is 0 Å². The minimum Gasteiger partial charge on any atom is -0.480 e. The molecule has 0 unspecified atom stereocenters. The largest absolute Gasteiger partial charge is 0.480 e. The Balaban J connectivity index is 2.48. The van der Waals surface area contributed by atoms with E-state index in [4.69, 9.17) is 14.4 Å². The molecule has 2 amide bonds. The van der Waals surface area contributed by atoms with E-state index in [1.54, 1.807) is 6.92 Å². The molecule has 19 heavy (non-hydrogen) atoms. The van der Waals surface area contributed by atoms with Crippen molar-refractivity contribution in [3.63, 3.8) is 0 Å². The molecular formula is C10H16N4O5. The van der Waals surface area contributed by atoms with Crippen molar-refractivity contribution in [2.45, 2.75) is 13.5 Å². The van der Waals surface area contributed by atoms with E-state index in [0.717, 1.165) is 4.90 Å². The van der Waals surface area contributed by atoms with Crippen molar-refractivity contribution in [1.82, 2.24) is 20.4 Å². The lowest BCUT2D eigenvalue weighted by molar-refractivity contribution is -0.137. The molecule has 0 spiro atoms. The van der Waals surface area contributed by atoms with Gasteiger partial charge in [-0.1, -0.05) is 5.16 Å². The maximum atomic E-state index is 11.8. The predicted octanol–water partition coefficient (Wildman–Crippen LogP) is -0.379. The number of ether oxygens (including phenoxy) is 1. The molecule has 1 aromatic heterocycles. The summed E-state index contributed by atoms with van der Waals surface area (Å²) in [6, 6.07) is -0.532. The average molecular weight is 272 g/mol. The molecule has 9 nitrogen and oxygen atoms in total. The number of nitrogens with zero attached hydrogens (tertiary/aromatic N) is 3. The summed E-state index contributed by atoms with van der Waals surface area (Å²) >= 11 is 0. The number of amides is 2. The molecule has 0 atom stereocenters. The molecule has 0 saturated carbocycles. The summed E-state index contributed by atoms with van der Waals surface area (Å²) in [5, 5.41) is 14.8. The van der Waals surface area contributed by atoms with Crippen LogP contribution in [0.4, 0.5) is 4.79 Å². The number of aromatic nitrogens is 2. The number of carbonyl (C=O) groups is 2. The summed E-state index contributed by atoms with van der Waals surface area (Å²) in [6.07, 6.45) is 0. The average Bonchev–Trinajstić information content (AvgIpc) is 2.77. The molecule has 0 radical (unpaired) electrons. The van der Waals surface area contributed by atoms with E-state index < -0.39 is 18.5 Å². The summed E-state index contributed by atoms with van der Waals surface area (Å²) in [5.74, 6) is -0.376. The lowest BCUT2D eigenvalue weighted by Crippen LogP contribution is -2.44. The fraction of sp³-hybridized carbons (Fsp3) is 0.600. The Labute approximate surface area is 109 Å². The number of rotatable bonds is 7. The maximum absolute atomic E-state index is 11.8. The van der Waals surface area contributed by atoms with Crippen molar-refractivity contribution < 1.29 is 24.0 Å². The molecule has 0 saturated heterocycles. The summed E-state index contributed by atoms with van der Waals surface area (Å²) in [4.78, 5) is 27.5. The number of carboxylic acids is 1. The number of carboxylic acid groups (broad SMARTS) is 1. The molecule has 9 heteroatoms. The zero-order valence-corrected chi connectivity index (χ0v) is 10.8. The number of hydrogen-bond donors (Lipinski definition) is 2. The molecule has 1 aromatic rings. The molecule has 0 aliphatic rings. The van der Waals surface area contributed by atoms with Gasteiger partial charge in [-0.15, -0.1) is 0 Å². The standard InChI is InChI=1S/C10H16N4O5/c1-7-12-8(19-13-7)5-11-10(17)14(3-4-18-2)6-9(15)16/h3-6H2,1-2H3,(H,11,17)(H,15,16). The Hall–Kier alpha value is -2.16. The van der Waals surface area contributed by atoms with Gasteiger partial charge >= 0.3 is 12.0 Å². The second-order valence-electron chi connectivity index (χ2n) is 3.70. The zero-order chi connectivity index (χ0) is 14.3. The second-order valence-corrected chi connectivity index (χ2v) is 3.70. The van der Waals surface area contributed by atoms with Gasteiger partial charge < -0.3 is 24.6 Å². The SMILES string of the molecule is COCCN(CC(=O)O)C(=O)NCc1nc(C)no1. The maximum Gasteiger partial charge on any atom is 0.323 e. The smallest absolute Gasteiger partial charge is 0.323 e. The second kappa shape index (κ2) is 7.31. The van der Waals surface area contributed by atoms with Gasteiger partial charge in [0.25, 0.3) is 0 Å². The first kappa shape index (κ1) is 14.9. The molecule has 0 aliphatic heterocycles. The number of nitrogens with one attached hydrogen (secondary N) is 1. The fourth-order valence-electron chi connectivity index (χ4n) is 1.29. The van der Waals surface area contributed by atoms with Crippen LogP contribution >= 0.6 is 0 Å². The Morgan fingerprint density at radius 2 is 2.26 bits per heavy atom. The van der Waals surface area contributed by atoms with Crippen LogP contribution in [0.15, 0.2) is 4.52 Å². The molecule has 0 aromatic carbocycles. The number of carbonyl (C=O) groups excluding carboxylic acids is 1. The van der Waals surface area contributed by atoms with E-state index in [1.165, 1.54) is 7.11 Å². The number of aliphatic carboxylic acids is 1. The van der Waals surface area contributed by atoms with Crippen LogP contribution in [-0.4, -0.2) is 59.0 Å². The highest BCUT2D eigenvalue weighted by Crippen LogP contribution is 1.96. The van der Waals surface area contributed by atoms with E-state index in [-0.39, 0.29) is 25.6 Å². The lowest BCUT2D eigenvalue weighted by atomic mass is 10.5. The van der Waals surface area contributed by atoms with Crippen LogP contribution in [0.3, 0.4) is 0 Å². The highest BCUT2D eigenvalue weighted by molar-refractivity contribution is 5.79. The van der Waals surface area contributed by atoms with Crippen LogP contribution in [0.25, 0.3) is 0 Å². The summed E-state index contributed by atoms with van der Waals surface area (Å²) < 4.78 is 9.64. The third-order valence-electron chi connectivity index (χ3n) is 2.14. The molecular weight excluding hydrogens is 256 g/mol. The molecule has 1 rings (SSSR count). The Morgan fingerprint density at radius 1 is 1.53 bits per heavy atom. The first-order valence-corrected chi connectivity index (χ1v) is 5.55. The van der Waals surface area contributed by atoms with Gasteiger partial charge in [-0.3, -0.25) is 4.79 Å². The van der Waals surface area contributed by atoms with Gasteiger partial charge in [-0.25, -0.2) is 4.79 Å². The van der Waals surface area contributed by atoms with Crippen molar-refractivity contribution in [3.05, 3.63) is 11.7 Å². The number of urea groups is 1. The summed E-state index contributed by atoms with van der Waals surface area (Å²) in [7, 11) is 1.47. The Kier molecular flexibility index (Phi) is 5.73. The van der Waals surface area contributed by atoms with Crippen molar-refractivity contribution in [2.75, 3.05) is 26.8 Å². The van der Waals surface area contributed by atoms with Crippen LogP contribution < -0.4 is 5.32 Å². The molecule has 0 aliphatic carbocycles. The normalized spacial score (nSPS) is 10.2. The van der Waals surface area contributed by atoms with Gasteiger partial charge in [-0.2, -0.15) is 4.98 Å². The number of hydrogen-bond acceptors (Lipinski definition) is 6. The molecule has 0 bridgehead atoms. The van der Waals surface area contributed by atoms with Crippen LogP contribution in [0.1, 0.15) is 11.7 Å². The number of aryl methyl sites for hydroxylation is 1. The highest BCUT2D eigenvalue weighted by atomic mass is 16.5. The van der Waals surface area contributed by atoms with E-state index >= 15 is 0 Å². The van der Waals surface area contributed by atoms with Gasteiger partial charge in [0.1, 0.15) is 6.54 Å². The highest BCUT2D eigenvalue weighted by Gasteiger charge is 2.16. The fourth-order valence-corrected chi connectivity index (χ4v) is 1.29. The summed E-state index contributed by atoms with van der Waals surface area (Å²) in [6.45, 7) is 1.73. The molecule has 106 valence electrons.